The normalized spacial score (nSPS) is 10.4. The highest BCUT2D eigenvalue weighted by molar-refractivity contribution is 5.41. The Morgan fingerprint density at radius 1 is 1.33 bits per heavy atom. The molecule has 2 aromatic heterocycles. The molecular formula is C11H16N6O. The number of furan rings is 1. The number of nitrogens with two attached hydrogens (primary N) is 1. The van der Waals surface area contributed by atoms with E-state index < -0.39 is 0 Å². The summed E-state index contributed by atoms with van der Waals surface area (Å²) in [6.45, 7) is 2.47. The first-order valence-electron chi connectivity index (χ1n) is 5.51. The summed E-state index contributed by atoms with van der Waals surface area (Å²) in [5.41, 5.74) is 6.65. The van der Waals surface area contributed by atoms with Crippen molar-refractivity contribution in [2.45, 2.75) is 13.5 Å². The predicted molar refractivity (Wildman–Crippen MR) is 69.3 cm³/mol. The monoisotopic (exact) mass is 248 g/mol. The van der Waals surface area contributed by atoms with Crippen molar-refractivity contribution >= 4 is 17.8 Å². The van der Waals surface area contributed by atoms with Crippen LogP contribution in [0.15, 0.2) is 16.7 Å². The highest BCUT2D eigenvalue weighted by atomic mass is 16.3. The second-order valence-corrected chi connectivity index (χ2v) is 4.13. The van der Waals surface area contributed by atoms with E-state index in [9.17, 15) is 0 Å². The fourth-order valence-electron chi connectivity index (χ4n) is 1.43. The van der Waals surface area contributed by atoms with Crippen molar-refractivity contribution in [2.24, 2.45) is 0 Å². The summed E-state index contributed by atoms with van der Waals surface area (Å²) in [4.78, 5) is 14.0. The zero-order chi connectivity index (χ0) is 13.1. The van der Waals surface area contributed by atoms with Gasteiger partial charge < -0.3 is 20.4 Å². The molecule has 3 N–H and O–H groups in total. The van der Waals surface area contributed by atoms with Crippen molar-refractivity contribution in [2.75, 3.05) is 30.0 Å². The highest BCUT2D eigenvalue weighted by Crippen LogP contribution is 2.11. The number of nitrogens with zero attached hydrogens (tertiary/aromatic N) is 4. The molecule has 2 aromatic rings. The van der Waals surface area contributed by atoms with E-state index >= 15 is 0 Å². The van der Waals surface area contributed by atoms with Gasteiger partial charge in [0.2, 0.25) is 17.8 Å². The predicted octanol–water partition coefficient (Wildman–Crippen LogP) is 1.03. The lowest BCUT2D eigenvalue weighted by Crippen LogP contribution is -2.16. The van der Waals surface area contributed by atoms with Crippen molar-refractivity contribution in [1.82, 2.24) is 15.0 Å². The molecule has 96 valence electrons. The third-order valence-corrected chi connectivity index (χ3v) is 2.28. The van der Waals surface area contributed by atoms with E-state index in [1.54, 1.807) is 11.2 Å². The molecule has 0 fully saturated rings. The first-order valence-corrected chi connectivity index (χ1v) is 5.51. The van der Waals surface area contributed by atoms with Crippen molar-refractivity contribution in [3.8, 4) is 0 Å². The minimum atomic E-state index is 0.194. The molecular weight excluding hydrogens is 232 g/mol. The number of rotatable bonds is 4. The van der Waals surface area contributed by atoms with Crippen LogP contribution in [-0.4, -0.2) is 29.0 Å². The van der Waals surface area contributed by atoms with E-state index in [2.05, 4.69) is 20.3 Å². The van der Waals surface area contributed by atoms with Gasteiger partial charge in [0.1, 0.15) is 5.76 Å². The van der Waals surface area contributed by atoms with Crippen molar-refractivity contribution in [3.05, 3.63) is 23.7 Å². The van der Waals surface area contributed by atoms with Gasteiger partial charge >= 0.3 is 0 Å². The van der Waals surface area contributed by atoms with Gasteiger partial charge in [-0.1, -0.05) is 0 Å². The summed E-state index contributed by atoms with van der Waals surface area (Å²) in [6, 6.07) is 1.95. The maximum absolute atomic E-state index is 5.62. The van der Waals surface area contributed by atoms with Crippen LogP contribution in [0.3, 0.4) is 0 Å². The molecule has 18 heavy (non-hydrogen) atoms. The van der Waals surface area contributed by atoms with E-state index in [0.717, 1.165) is 11.3 Å². The molecule has 2 heterocycles. The Kier molecular flexibility index (Phi) is 3.31. The molecule has 0 aliphatic heterocycles. The Labute approximate surface area is 105 Å². The number of hydrogen-bond donors (Lipinski definition) is 2. The lowest BCUT2D eigenvalue weighted by molar-refractivity contribution is 0.532. The van der Waals surface area contributed by atoms with Crippen LogP contribution >= 0.6 is 0 Å². The Balaban J connectivity index is 2.09. The van der Waals surface area contributed by atoms with Crippen LogP contribution in [0.1, 0.15) is 11.3 Å². The van der Waals surface area contributed by atoms with Crippen LogP contribution < -0.4 is 16.0 Å². The molecule has 7 nitrogen and oxygen atoms in total. The van der Waals surface area contributed by atoms with Gasteiger partial charge in [0.25, 0.3) is 0 Å². The van der Waals surface area contributed by atoms with E-state index in [0.29, 0.717) is 18.4 Å². The third-order valence-electron chi connectivity index (χ3n) is 2.28. The molecule has 0 atom stereocenters. The van der Waals surface area contributed by atoms with Crippen LogP contribution in [0.5, 0.6) is 0 Å². The fraction of sp³-hybridized carbons (Fsp3) is 0.364. The summed E-state index contributed by atoms with van der Waals surface area (Å²) in [5.74, 6) is 2.04. The van der Waals surface area contributed by atoms with Crippen molar-refractivity contribution in [1.29, 1.82) is 0 Å². The average Bonchev–Trinajstić information content (AvgIpc) is 2.72. The van der Waals surface area contributed by atoms with Crippen LogP contribution in [0.25, 0.3) is 0 Å². The second-order valence-electron chi connectivity index (χ2n) is 4.13. The number of aromatic nitrogens is 3. The van der Waals surface area contributed by atoms with E-state index in [-0.39, 0.29) is 5.95 Å². The standard InChI is InChI=1S/C11H16N6O/c1-7-4-8(6-18-7)5-13-10-14-9(12)15-11(16-10)17(2)3/h4,6H,5H2,1-3H3,(H3,12,13,14,15,16). The van der Waals surface area contributed by atoms with Gasteiger partial charge in [-0.3, -0.25) is 0 Å². The molecule has 0 unspecified atom stereocenters. The van der Waals surface area contributed by atoms with E-state index in [4.69, 9.17) is 10.2 Å². The zero-order valence-corrected chi connectivity index (χ0v) is 10.6. The van der Waals surface area contributed by atoms with Gasteiger partial charge in [0.15, 0.2) is 0 Å². The first kappa shape index (κ1) is 12.2. The molecule has 2 rings (SSSR count). The van der Waals surface area contributed by atoms with Gasteiger partial charge in [-0.15, -0.1) is 0 Å². The van der Waals surface area contributed by atoms with Crippen LogP contribution in [-0.2, 0) is 6.54 Å². The number of nitrogens with one attached hydrogen (secondary N) is 1. The Hall–Kier alpha value is -2.31. The summed E-state index contributed by atoms with van der Waals surface area (Å²) in [6.07, 6.45) is 1.69. The number of anilines is 3. The molecule has 0 spiro atoms. The van der Waals surface area contributed by atoms with Gasteiger partial charge in [0.05, 0.1) is 6.26 Å². The van der Waals surface area contributed by atoms with Crippen LogP contribution in [0.4, 0.5) is 17.8 Å². The Morgan fingerprint density at radius 3 is 2.72 bits per heavy atom. The molecule has 0 saturated heterocycles. The highest BCUT2D eigenvalue weighted by Gasteiger charge is 2.06. The molecule has 0 aromatic carbocycles. The minimum absolute atomic E-state index is 0.194. The average molecular weight is 248 g/mol. The van der Waals surface area contributed by atoms with Crippen LogP contribution in [0, 0.1) is 6.92 Å². The first-order chi connectivity index (χ1) is 8.54. The Morgan fingerprint density at radius 2 is 2.11 bits per heavy atom. The molecule has 0 aliphatic carbocycles. The molecule has 7 heteroatoms. The largest absolute Gasteiger partial charge is 0.469 e. The molecule has 0 saturated carbocycles. The molecule has 0 aliphatic rings. The number of nitrogen functional groups attached to an aromatic ring is 1. The summed E-state index contributed by atoms with van der Waals surface area (Å²) in [5, 5.41) is 3.08. The third kappa shape index (κ3) is 2.88. The van der Waals surface area contributed by atoms with Crippen molar-refractivity contribution < 1.29 is 4.42 Å². The summed E-state index contributed by atoms with van der Waals surface area (Å²) < 4.78 is 5.21. The number of aryl methyl sites for hydroxylation is 1. The molecule has 0 amide bonds. The molecule has 0 bridgehead atoms. The lowest BCUT2D eigenvalue weighted by Gasteiger charge is -2.11. The Bertz CT molecular complexity index is 536. The summed E-state index contributed by atoms with van der Waals surface area (Å²) in [7, 11) is 3.69. The maximum atomic E-state index is 5.62. The topological polar surface area (TPSA) is 93.1 Å². The minimum Gasteiger partial charge on any atom is -0.469 e. The SMILES string of the molecule is Cc1cc(CNc2nc(N)nc(N(C)C)n2)co1. The van der Waals surface area contributed by atoms with Gasteiger partial charge in [0, 0.05) is 26.2 Å². The fourth-order valence-corrected chi connectivity index (χ4v) is 1.43. The van der Waals surface area contributed by atoms with E-state index in [1.807, 2.05) is 27.1 Å². The quantitative estimate of drug-likeness (QED) is 0.834. The van der Waals surface area contributed by atoms with E-state index in [1.165, 1.54) is 0 Å². The maximum Gasteiger partial charge on any atom is 0.231 e. The molecule has 0 radical (unpaired) electrons. The van der Waals surface area contributed by atoms with Crippen molar-refractivity contribution in [3.63, 3.8) is 0 Å². The van der Waals surface area contributed by atoms with Gasteiger partial charge in [-0.25, -0.2) is 0 Å². The smallest absolute Gasteiger partial charge is 0.231 e. The summed E-state index contributed by atoms with van der Waals surface area (Å²) >= 11 is 0. The second kappa shape index (κ2) is 4.91. The lowest BCUT2D eigenvalue weighted by atomic mass is 10.3. The van der Waals surface area contributed by atoms with Crippen LogP contribution in [0.2, 0.25) is 0 Å². The van der Waals surface area contributed by atoms with Gasteiger partial charge in [-0.05, 0) is 13.0 Å². The van der Waals surface area contributed by atoms with Gasteiger partial charge in [-0.2, -0.15) is 15.0 Å². The zero-order valence-electron chi connectivity index (χ0n) is 10.6. The number of hydrogen-bond acceptors (Lipinski definition) is 7.